The van der Waals surface area contributed by atoms with E-state index in [2.05, 4.69) is 12.2 Å². The molecule has 0 spiro atoms. The second-order valence-corrected chi connectivity index (χ2v) is 9.19. The van der Waals surface area contributed by atoms with Gasteiger partial charge in [0.1, 0.15) is 10.6 Å². The van der Waals surface area contributed by atoms with Crippen LogP contribution >= 0.6 is 0 Å². The van der Waals surface area contributed by atoms with Crippen LogP contribution in [0.5, 0.6) is 0 Å². The molecule has 1 fully saturated rings. The number of hydrogen-bond donors (Lipinski definition) is 1. The predicted octanol–water partition coefficient (Wildman–Crippen LogP) is 3.26. The minimum atomic E-state index is -3.58. The summed E-state index contributed by atoms with van der Waals surface area (Å²) in [5.41, 5.74) is 2.11. The number of carbonyl (C=O) groups excluding carboxylic acids is 1. The van der Waals surface area contributed by atoms with Crippen LogP contribution in [-0.4, -0.2) is 36.3 Å². The van der Waals surface area contributed by atoms with Crippen molar-refractivity contribution in [1.82, 2.24) is 8.87 Å². The zero-order valence-electron chi connectivity index (χ0n) is 16.1. The Labute approximate surface area is 161 Å². The van der Waals surface area contributed by atoms with Crippen LogP contribution in [0.25, 0.3) is 0 Å². The van der Waals surface area contributed by atoms with E-state index in [1.807, 2.05) is 31.2 Å². The number of nitrogens with zero attached hydrogens (tertiary/aromatic N) is 2. The Hall–Kier alpha value is -2.12. The van der Waals surface area contributed by atoms with Crippen LogP contribution in [0.3, 0.4) is 0 Å². The predicted molar refractivity (Wildman–Crippen MR) is 106 cm³/mol. The first-order valence-corrected chi connectivity index (χ1v) is 10.8. The fraction of sp³-hybridized carbons (Fsp3) is 0.450. The van der Waals surface area contributed by atoms with Crippen LogP contribution < -0.4 is 5.32 Å². The third-order valence-corrected chi connectivity index (χ3v) is 6.95. The van der Waals surface area contributed by atoms with Gasteiger partial charge in [0.05, 0.1) is 0 Å². The van der Waals surface area contributed by atoms with Crippen molar-refractivity contribution in [3.05, 3.63) is 47.8 Å². The lowest BCUT2D eigenvalue weighted by molar-refractivity contribution is 0.101. The van der Waals surface area contributed by atoms with Crippen LogP contribution in [-0.2, 0) is 23.5 Å². The van der Waals surface area contributed by atoms with Crippen LogP contribution in [0.15, 0.2) is 41.4 Å². The number of anilines is 1. The average Bonchev–Trinajstić information content (AvgIpc) is 3.05. The van der Waals surface area contributed by atoms with Gasteiger partial charge in [-0.15, -0.1) is 0 Å². The number of sulfonamides is 1. The van der Waals surface area contributed by atoms with Crippen LogP contribution in [0.1, 0.15) is 42.7 Å². The third-order valence-electron chi connectivity index (χ3n) is 5.12. The first kappa shape index (κ1) is 19.6. The van der Waals surface area contributed by atoms with Crippen LogP contribution in [0.2, 0.25) is 0 Å². The Morgan fingerprint density at radius 1 is 1.30 bits per heavy atom. The molecular formula is C20H27N3O3S. The molecule has 0 saturated carbocycles. The van der Waals surface area contributed by atoms with Crippen molar-refractivity contribution in [2.45, 2.75) is 38.0 Å². The maximum absolute atomic E-state index is 13.0. The van der Waals surface area contributed by atoms with Crippen molar-refractivity contribution in [3.8, 4) is 0 Å². The molecule has 3 rings (SSSR count). The maximum atomic E-state index is 13.0. The van der Waals surface area contributed by atoms with E-state index >= 15 is 0 Å². The fourth-order valence-electron chi connectivity index (χ4n) is 3.55. The Balaban J connectivity index is 1.84. The quantitative estimate of drug-likeness (QED) is 0.853. The maximum Gasteiger partial charge on any atom is 0.272 e. The highest BCUT2D eigenvalue weighted by Crippen LogP contribution is 2.25. The van der Waals surface area contributed by atoms with Gasteiger partial charge in [-0.05, 0) is 42.9 Å². The van der Waals surface area contributed by atoms with Crippen molar-refractivity contribution < 1.29 is 13.2 Å². The number of piperidine rings is 1. The molecule has 1 atom stereocenters. The number of benzene rings is 1. The summed E-state index contributed by atoms with van der Waals surface area (Å²) in [4.78, 5) is 12.9. The van der Waals surface area contributed by atoms with E-state index in [9.17, 15) is 13.2 Å². The van der Waals surface area contributed by atoms with Gasteiger partial charge >= 0.3 is 0 Å². The van der Waals surface area contributed by atoms with Gasteiger partial charge in [-0.25, -0.2) is 8.42 Å². The number of aryl methyl sites for hydroxylation is 2. The van der Waals surface area contributed by atoms with E-state index in [1.54, 1.807) is 11.6 Å². The lowest BCUT2D eigenvalue weighted by Crippen LogP contribution is -2.38. The molecule has 0 aliphatic carbocycles. The number of hydrogen-bond acceptors (Lipinski definition) is 3. The Morgan fingerprint density at radius 2 is 2.04 bits per heavy atom. The van der Waals surface area contributed by atoms with Crippen molar-refractivity contribution in [3.63, 3.8) is 0 Å². The minimum absolute atomic E-state index is 0.174. The molecule has 7 heteroatoms. The molecule has 2 heterocycles. The molecule has 6 nitrogen and oxygen atoms in total. The van der Waals surface area contributed by atoms with E-state index in [0.29, 0.717) is 24.7 Å². The Morgan fingerprint density at radius 3 is 2.74 bits per heavy atom. The van der Waals surface area contributed by atoms with E-state index in [1.165, 1.54) is 16.6 Å². The molecule has 2 aromatic rings. The average molecular weight is 390 g/mol. The van der Waals surface area contributed by atoms with E-state index in [0.717, 1.165) is 30.5 Å². The van der Waals surface area contributed by atoms with Gasteiger partial charge in [-0.3, -0.25) is 4.79 Å². The normalized spacial score (nSPS) is 18.4. The summed E-state index contributed by atoms with van der Waals surface area (Å²) in [7, 11) is -1.89. The molecule has 1 unspecified atom stereocenters. The number of aromatic nitrogens is 1. The largest absolute Gasteiger partial charge is 0.345 e. The summed E-state index contributed by atoms with van der Waals surface area (Å²) >= 11 is 0. The van der Waals surface area contributed by atoms with Gasteiger partial charge in [0.25, 0.3) is 5.91 Å². The van der Waals surface area contributed by atoms with Gasteiger partial charge in [0.15, 0.2) is 0 Å². The third kappa shape index (κ3) is 4.09. The number of para-hydroxylation sites is 1. The second kappa shape index (κ2) is 7.86. The molecule has 27 heavy (non-hydrogen) atoms. The molecule has 1 aliphatic rings. The highest BCUT2D eigenvalue weighted by molar-refractivity contribution is 7.89. The summed E-state index contributed by atoms with van der Waals surface area (Å²) in [5, 5.41) is 2.90. The fourth-order valence-corrected chi connectivity index (χ4v) is 5.22. The highest BCUT2D eigenvalue weighted by atomic mass is 32.2. The Bertz CT molecular complexity index is 934. The molecule has 146 valence electrons. The highest BCUT2D eigenvalue weighted by Gasteiger charge is 2.30. The summed E-state index contributed by atoms with van der Waals surface area (Å²) in [6.07, 6.45) is 4.24. The van der Waals surface area contributed by atoms with Crippen molar-refractivity contribution in [2.75, 3.05) is 18.4 Å². The van der Waals surface area contributed by atoms with Crippen LogP contribution in [0, 0.1) is 5.92 Å². The van der Waals surface area contributed by atoms with Crippen molar-refractivity contribution in [2.24, 2.45) is 13.0 Å². The summed E-state index contributed by atoms with van der Waals surface area (Å²) in [6, 6.07) is 9.09. The lowest BCUT2D eigenvalue weighted by Gasteiger charge is -2.29. The number of rotatable bonds is 5. The SMILES string of the molecule is CCc1ccccc1NC(=O)c1cc(S(=O)(=O)N2CCCC(C)C2)cn1C. The smallest absolute Gasteiger partial charge is 0.272 e. The molecule has 1 aromatic heterocycles. The van der Waals surface area contributed by atoms with Gasteiger partial charge in [-0.1, -0.05) is 32.0 Å². The minimum Gasteiger partial charge on any atom is -0.345 e. The lowest BCUT2D eigenvalue weighted by atomic mass is 10.0. The molecule has 1 aromatic carbocycles. The standard InChI is InChI=1S/C20H27N3O3S/c1-4-16-9-5-6-10-18(16)21-20(24)19-12-17(14-22(19)3)27(25,26)23-11-7-8-15(2)13-23/h5-6,9-10,12,14-15H,4,7-8,11,13H2,1-3H3,(H,21,24). The zero-order chi connectivity index (χ0) is 19.6. The second-order valence-electron chi connectivity index (χ2n) is 7.25. The summed E-state index contributed by atoms with van der Waals surface area (Å²) in [6.45, 7) is 5.16. The van der Waals surface area contributed by atoms with Gasteiger partial charge < -0.3 is 9.88 Å². The first-order valence-electron chi connectivity index (χ1n) is 9.38. The topological polar surface area (TPSA) is 71.4 Å². The molecule has 0 bridgehead atoms. The number of amides is 1. The zero-order valence-corrected chi connectivity index (χ0v) is 16.9. The van der Waals surface area contributed by atoms with E-state index in [4.69, 9.17) is 0 Å². The monoisotopic (exact) mass is 389 g/mol. The van der Waals surface area contributed by atoms with Gasteiger partial charge in [-0.2, -0.15) is 4.31 Å². The molecule has 1 amide bonds. The number of nitrogens with one attached hydrogen (secondary N) is 1. The van der Waals surface area contributed by atoms with Gasteiger partial charge in [0, 0.05) is 32.0 Å². The Kier molecular flexibility index (Phi) is 5.72. The van der Waals surface area contributed by atoms with Crippen LogP contribution in [0.4, 0.5) is 5.69 Å². The molecular weight excluding hydrogens is 362 g/mol. The van der Waals surface area contributed by atoms with E-state index in [-0.39, 0.29) is 10.8 Å². The summed E-state index contributed by atoms with van der Waals surface area (Å²) < 4.78 is 29.0. The molecule has 1 aliphatic heterocycles. The molecule has 1 saturated heterocycles. The van der Waals surface area contributed by atoms with E-state index < -0.39 is 10.0 Å². The number of carbonyl (C=O) groups is 1. The first-order chi connectivity index (χ1) is 12.8. The van der Waals surface area contributed by atoms with Crippen molar-refractivity contribution >= 4 is 21.6 Å². The van der Waals surface area contributed by atoms with Crippen molar-refractivity contribution in [1.29, 1.82) is 0 Å². The molecule has 1 N–H and O–H groups in total. The molecule has 0 radical (unpaired) electrons. The summed E-state index contributed by atoms with van der Waals surface area (Å²) in [5.74, 6) is 0.0393. The van der Waals surface area contributed by atoms with Gasteiger partial charge in [0.2, 0.25) is 10.0 Å².